The van der Waals surface area contributed by atoms with Crippen LogP contribution in [0, 0.1) is 6.92 Å². The van der Waals surface area contributed by atoms with E-state index in [0.29, 0.717) is 19.8 Å². The number of ether oxygens (including phenoxy) is 1. The van der Waals surface area contributed by atoms with Crippen LogP contribution in [0.25, 0.3) is 0 Å². The summed E-state index contributed by atoms with van der Waals surface area (Å²) in [5.74, 6) is 0.206. The highest BCUT2D eigenvalue weighted by molar-refractivity contribution is 7.09. The summed E-state index contributed by atoms with van der Waals surface area (Å²) in [6.07, 6.45) is 0. The van der Waals surface area contributed by atoms with Crippen molar-refractivity contribution in [3.8, 4) is 0 Å². The maximum Gasteiger partial charge on any atom is 0.319 e. The summed E-state index contributed by atoms with van der Waals surface area (Å²) in [4.78, 5) is 16.4. The van der Waals surface area contributed by atoms with Crippen molar-refractivity contribution in [3.63, 3.8) is 0 Å². The monoisotopic (exact) mass is 317 g/mol. The summed E-state index contributed by atoms with van der Waals surface area (Å²) < 4.78 is 5.37. The van der Waals surface area contributed by atoms with Gasteiger partial charge in [0.1, 0.15) is 0 Å². The van der Waals surface area contributed by atoms with Gasteiger partial charge >= 0.3 is 6.03 Å². The molecule has 5 nitrogen and oxygen atoms in total. The normalized spacial score (nSPS) is 14.5. The minimum atomic E-state index is -0.195. The van der Waals surface area contributed by atoms with Crippen LogP contribution in [-0.4, -0.2) is 17.6 Å². The highest BCUT2D eigenvalue weighted by atomic mass is 32.1. The zero-order valence-electron chi connectivity index (χ0n) is 12.7. The fourth-order valence-electron chi connectivity index (χ4n) is 2.36. The number of anilines is 1. The molecule has 1 atom stereocenters. The van der Waals surface area contributed by atoms with E-state index in [1.165, 1.54) is 5.56 Å². The molecule has 2 amide bonds. The first kappa shape index (κ1) is 15.0. The molecule has 3 rings (SSSR count). The van der Waals surface area contributed by atoms with E-state index in [1.54, 1.807) is 11.3 Å². The molecule has 0 bridgehead atoms. The maximum absolute atomic E-state index is 12.0. The number of benzene rings is 1. The van der Waals surface area contributed by atoms with E-state index in [2.05, 4.69) is 22.5 Å². The molecule has 0 fully saturated rings. The Bertz CT molecular complexity index is 684. The molecule has 0 aliphatic carbocycles. The number of hydrogen-bond donors (Lipinski definition) is 2. The molecule has 2 aromatic rings. The van der Waals surface area contributed by atoms with E-state index in [-0.39, 0.29) is 11.9 Å². The van der Waals surface area contributed by atoms with E-state index in [4.69, 9.17) is 4.74 Å². The lowest BCUT2D eigenvalue weighted by molar-refractivity contribution is 0.134. The smallest absolute Gasteiger partial charge is 0.319 e. The largest absolute Gasteiger partial charge is 0.372 e. The third kappa shape index (κ3) is 3.45. The van der Waals surface area contributed by atoms with Gasteiger partial charge in [-0.1, -0.05) is 13.0 Å². The summed E-state index contributed by atoms with van der Waals surface area (Å²) in [5.41, 5.74) is 4.15. The SMILES string of the molecule is Cc1csc([C@@H](C)CNC(=O)Nc2ccc3c(c2)COC3)n1. The van der Waals surface area contributed by atoms with Gasteiger partial charge in [0.25, 0.3) is 0 Å². The Morgan fingerprint density at radius 2 is 2.23 bits per heavy atom. The zero-order valence-corrected chi connectivity index (χ0v) is 13.5. The van der Waals surface area contributed by atoms with E-state index in [9.17, 15) is 4.79 Å². The van der Waals surface area contributed by atoms with E-state index in [1.807, 2.05) is 30.5 Å². The Morgan fingerprint density at radius 1 is 1.41 bits per heavy atom. The molecular weight excluding hydrogens is 298 g/mol. The summed E-state index contributed by atoms with van der Waals surface area (Å²) in [6, 6.07) is 5.67. The van der Waals surface area contributed by atoms with Crippen LogP contribution in [-0.2, 0) is 18.0 Å². The summed E-state index contributed by atoms with van der Waals surface area (Å²) >= 11 is 1.63. The van der Waals surface area contributed by atoms with Gasteiger partial charge in [-0.3, -0.25) is 0 Å². The second-order valence-electron chi connectivity index (χ2n) is 5.54. The minimum absolute atomic E-state index is 0.195. The molecule has 2 heterocycles. The number of rotatable bonds is 4. The van der Waals surface area contributed by atoms with Crippen molar-refractivity contribution in [2.75, 3.05) is 11.9 Å². The third-order valence-electron chi connectivity index (χ3n) is 3.61. The fourth-order valence-corrected chi connectivity index (χ4v) is 3.21. The molecule has 0 saturated heterocycles. The summed E-state index contributed by atoms with van der Waals surface area (Å²) in [6.45, 7) is 5.88. The van der Waals surface area contributed by atoms with Gasteiger partial charge in [0.15, 0.2) is 0 Å². The number of urea groups is 1. The topological polar surface area (TPSA) is 63.2 Å². The van der Waals surface area contributed by atoms with Crippen LogP contribution < -0.4 is 10.6 Å². The Labute approximate surface area is 133 Å². The van der Waals surface area contributed by atoms with Crippen LogP contribution >= 0.6 is 11.3 Å². The van der Waals surface area contributed by atoms with Crippen molar-refractivity contribution in [2.45, 2.75) is 33.0 Å². The molecule has 1 aromatic carbocycles. The van der Waals surface area contributed by atoms with Crippen LogP contribution in [0.15, 0.2) is 23.6 Å². The molecule has 22 heavy (non-hydrogen) atoms. The maximum atomic E-state index is 12.0. The number of nitrogens with zero attached hydrogens (tertiary/aromatic N) is 1. The number of carbonyl (C=O) groups excluding carboxylic acids is 1. The predicted molar refractivity (Wildman–Crippen MR) is 87.2 cm³/mol. The number of carbonyl (C=O) groups is 1. The molecule has 6 heteroatoms. The van der Waals surface area contributed by atoms with Gasteiger partial charge in [-0.25, -0.2) is 9.78 Å². The number of hydrogen-bond acceptors (Lipinski definition) is 4. The van der Waals surface area contributed by atoms with Gasteiger partial charge in [-0.15, -0.1) is 11.3 Å². The number of fused-ring (bicyclic) bond motifs is 1. The van der Waals surface area contributed by atoms with Gasteiger partial charge in [0, 0.05) is 29.2 Å². The van der Waals surface area contributed by atoms with Crippen LogP contribution in [0.1, 0.15) is 34.7 Å². The van der Waals surface area contributed by atoms with Gasteiger partial charge in [-0.2, -0.15) is 0 Å². The van der Waals surface area contributed by atoms with E-state index in [0.717, 1.165) is 22.0 Å². The number of nitrogens with one attached hydrogen (secondary N) is 2. The van der Waals surface area contributed by atoms with Gasteiger partial charge < -0.3 is 15.4 Å². The second kappa shape index (κ2) is 6.46. The molecular formula is C16H19N3O2S. The molecule has 0 saturated carbocycles. The number of aryl methyl sites for hydroxylation is 1. The molecule has 1 aliphatic rings. The lowest BCUT2D eigenvalue weighted by Gasteiger charge is -2.12. The summed E-state index contributed by atoms with van der Waals surface area (Å²) in [7, 11) is 0. The van der Waals surface area contributed by atoms with E-state index < -0.39 is 0 Å². The van der Waals surface area contributed by atoms with Crippen molar-refractivity contribution >= 4 is 23.1 Å². The Hall–Kier alpha value is -1.92. The average Bonchev–Trinajstić information content (AvgIpc) is 3.13. The molecule has 0 spiro atoms. The van der Waals surface area contributed by atoms with Crippen molar-refractivity contribution in [1.82, 2.24) is 10.3 Å². The number of aromatic nitrogens is 1. The first-order valence-electron chi connectivity index (χ1n) is 7.28. The molecule has 1 aliphatic heterocycles. The van der Waals surface area contributed by atoms with Crippen LogP contribution in [0.2, 0.25) is 0 Å². The van der Waals surface area contributed by atoms with Crippen molar-refractivity contribution in [3.05, 3.63) is 45.4 Å². The second-order valence-corrected chi connectivity index (χ2v) is 6.43. The lowest BCUT2D eigenvalue weighted by Crippen LogP contribution is -2.31. The highest BCUT2D eigenvalue weighted by Crippen LogP contribution is 2.23. The molecule has 2 N–H and O–H groups in total. The molecule has 1 aromatic heterocycles. The fraction of sp³-hybridized carbons (Fsp3) is 0.375. The van der Waals surface area contributed by atoms with Gasteiger partial charge in [-0.05, 0) is 30.2 Å². The van der Waals surface area contributed by atoms with E-state index >= 15 is 0 Å². The predicted octanol–water partition coefficient (Wildman–Crippen LogP) is 3.41. The number of amides is 2. The lowest BCUT2D eigenvalue weighted by atomic mass is 10.1. The third-order valence-corrected chi connectivity index (χ3v) is 4.80. The van der Waals surface area contributed by atoms with Crippen LogP contribution in [0.4, 0.5) is 10.5 Å². The molecule has 116 valence electrons. The van der Waals surface area contributed by atoms with Crippen molar-refractivity contribution in [1.29, 1.82) is 0 Å². The van der Waals surface area contributed by atoms with Crippen LogP contribution in [0.5, 0.6) is 0 Å². The highest BCUT2D eigenvalue weighted by Gasteiger charge is 2.13. The Morgan fingerprint density at radius 3 is 3.00 bits per heavy atom. The first-order chi connectivity index (χ1) is 10.6. The van der Waals surface area contributed by atoms with Crippen molar-refractivity contribution < 1.29 is 9.53 Å². The minimum Gasteiger partial charge on any atom is -0.372 e. The number of thiazole rings is 1. The van der Waals surface area contributed by atoms with Crippen LogP contribution in [0.3, 0.4) is 0 Å². The zero-order chi connectivity index (χ0) is 15.5. The molecule has 0 radical (unpaired) electrons. The summed E-state index contributed by atoms with van der Waals surface area (Å²) in [5, 5.41) is 8.83. The standard InChI is InChI=1S/C16H19N3O2S/c1-10(15-18-11(2)9-22-15)6-17-16(20)19-14-4-3-12-7-21-8-13(12)5-14/h3-5,9-10H,6-8H2,1-2H3,(H2,17,19,20)/t10-/m0/s1. The van der Waals surface area contributed by atoms with Gasteiger partial charge in [0.2, 0.25) is 0 Å². The van der Waals surface area contributed by atoms with Crippen molar-refractivity contribution in [2.24, 2.45) is 0 Å². The molecule has 0 unspecified atom stereocenters. The Balaban J connectivity index is 1.52. The quantitative estimate of drug-likeness (QED) is 0.908. The Kier molecular flexibility index (Phi) is 4.40. The average molecular weight is 317 g/mol. The van der Waals surface area contributed by atoms with Gasteiger partial charge in [0.05, 0.1) is 18.2 Å². The first-order valence-corrected chi connectivity index (χ1v) is 8.16.